The molecule has 0 amide bonds. The van der Waals surface area contributed by atoms with Crippen LogP contribution < -0.4 is 5.73 Å². The van der Waals surface area contributed by atoms with Crippen LogP contribution >= 0.6 is 15.9 Å². The molecule has 0 spiro atoms. The quantitative estimate of drug-likeness (QED) is 0.712. The molecule has 3 aromatic rings. The van der Waals surface area contributed by atoms with E-state index in [0.29, 0.717) is 12.0 Å². The van der Waals surface area contributed by atoms with E-state index in [9.17, 15) is 4.39 Å². The second-order valence-corrected chi connectivity index (χ2v) is 6.07. The second-order valence-electron chi connectivity index (χ2n) is 5.16. The Morgan fingerprint density at radius 2 is 1.71 bits per heavy atom. The molecule has 21 heavy (non-hydrogen) atoms. The van der Waals surface area contributed by atoms with E-state index >= 15 is 0 Å². The van der Waals surface area contributed by atoms with Crippen molar-refractivity contribution < 1.29 is 4.39 Å². The summed E-state index contributed by atoms with van der Waals surface area (Å²) in [6.45, 7) is 0. The third-order valence-corrected chi connectivity index (χ3v) is 4.12. The van der Waals surface area contributed by atoms with E-state index in [1.807, 2.05) is 18.2 Å². The average Bonchev–Trinajstić information content (AvgIpc) is 2.47. The number of hydrogen-bond acceptors (Lipinski definition) is 1. The third-order valence-electron chi connectivity index (χ3n) is 3.63. The second kappa shape index (κ2) is 5.96. The fraction of sp³-hybridized carbons (Fsp3) is 0.111. The number of fused-ring (bicyclic) bond motifs is 1. The molecule has 0 saturated heterocycles. The van der Waals surface area contributed by atoms with Gasteiger partial charge >= 0.3 is 0 Å². The maximum atomic E-state index is 13.9. The number of halogens is 2. The van der Waals surface area contributed by atoms with Crippen LogP contribution in [-0.4, -0.2) is 0 Å². The third kappa shape index (κ3) is 3.14. The minimum atomic E-state index is -0.348. The molecule has 0 saturated carbocycles. The van der Waals surface area contributed by atoms with Gasteiger partial charge in [-0.1, -0.05) is 64.5 Å². The molecule has 2 N–H and O–H groups in total. The van der Waals surface area contributed by atoms with Crippen molar-refractivity contribution in [2.45, 2.75) is 12.5 Å². The van der Waals surface area contributed by atoms with Gasteiger partial charge in [0.05, 0.1) is 0 Å². The van der Waals surface area contributed by atoms with E-state index in [1.165, 1.54) is 16.8 Å². The number of rotatable bonds is 3. The van der Waals surface area contributed by atoms with E-state index in [0.717, 1.165) is 10.0 Å². The summed E-state index contributed by atoms with van der Waals surface area (Å²) in [5.74, 6) is -0.266. The Hall–Kier alpha value is -1.71. The SMILES string of the molecule is NC(Cc1ccc2ccccc2c1)c1ccc(Br)cc1F. The van der Waals surface area contributed by atoms with Crippen molar-refractivity contribution in [2.24, 2.45) is 5.73 Å². The molecular formula is C18H15BrFN. The van der Waals surface area contributed by atoms with Gasteiger partial charge in [-0.15, -0.1) is 0 Å². The van der Waals surface area contributed by atoms with Crippen molar-refractivity contribution in [2.75, 3.05) is 0 Å². The number of benzene rings is 3. The van der Waals surface area contributed by atoms with Gasteiger partial charge in [0.25, 0.3) is 0 Å². The van der Waals surface area contributed by atoms with Crippen molar-refractivity contribution in [1.82, 2.24) is 0 Å². The Morgan fingerprint density at radius 1 is 0.952 bits per heavy atom. The molecule has 0 heterocycles. The fourth-order valence-corrected chi connectivity index (χ4v) is 2.87. The Kier molecular flexibility index (Phi) is 4.04. The molecule has 3 heteroatoms. The first kappa shape index (κ1) is 14.2. The molecule has 0 fully saturated rings. The average molecular weight is 344 g/mol. The summed E-state index contributed by atoms with van der Waals surface area (Å²) in [7, 11) is 0. The van der Waals surface area contributed by atoms with Crippen LogP contribution in [0, 0.1) is 5.82 Å². The first-order chi connectivity index (χ1) is 10.1. The molecular weight excluding hydrogens is 329 g/mol. The van der Waals surface area contributed by atoms with Crippen LogP contribution in [0.2, 0.25) is 0 Å². The summed E-state index contributed by atoms with van der Waals surface area (Å²) in [6.07, 6.45) is 0.614. The molecule has 3 rings (SSSR count). The number of nitrogens with two attached hydrogens (primary N) is 1. The van der Waals surface area contributed by atoms with Gasteiger partial charge in [-0.05, 0) is 34.9 Å². The molecule has 0 aromatic heterocycles. The Balaban J connectivity index is 1.87. The summed E-state index contributed by atoms with van der Waals surface area (Å²) in [5.41, 5.74) is 7.83. The highest BCUT2D eigenvalue weighted by atomic mass is 79.9. The van der Waals surface area contributed by atoms with Crippen LogP contribution in [0.5, 0.6) is 0 Å². The Bertz CT molecular complexity index is 785. The lowest BCUT2D eigenvalue weighted by atomic mass is 9.97. The van der Waals surface area contributed by atoms with Crippen LogP contribution in [0.4, 0.5) is 4.39 Å². The molecule has 0 aliphatic carbocycles. The summed E-state index contributed by atoms with van der Waals surface area (Å²) in [4.78, 5) is 0. The van der Waals surface area contributed by atoms with Crippen molar-refractivity contribution in [1.29, 1.82) is 0 Å². The molecule has 3 aromatic carbocycles. The van der Waals surface area contributed by atoms with Crippen LogP contribution in [-0.2, 0) is 6.42 Å². The van der Waals surface area contributed by atoms with Gasteiger partial charge in [-0.3, -0.25) is 0 Å². The summed E-state index contributed by atoms with van der Waals surface area (Å²) < 4.78 is 14.7. The molecule has 0 radical (unpaired) electrons. The summed E-state index contributed by atoms with van der Waals surface area (Å²) >= 11 is 3.26. The van der Waals surface area contributed by atoms with Gasteiger partial charge in [0.1, 0.15) is 5.82 Å². The van der Waals surface area contributed by atoms with Crippen LogP contribution in [0.25, 0.3) is 10.8 Å². The maximum absolute atomic E-state index is 13.9. The molecule has 0 aliphatic heterocycles. The first-order valence-corrected chi connectivity index (χ1v) is 7.61. The van der Waals surface area contributed by atoms with Gasteiger partial charge < -0.3 is 5.73 Å². The van der Waals surface area contributed by atoms with Crippen molar-refractivity contribution in [3.8, 4) is 0 Å². The van der Waals surface area contributed by atoms with E-state index in [2.05, 4.69) is 46.3 Å². The molecule has 106 valence electrons. The smallest absolute Gasteiger partial charge is 0.129 e. The van der Waals surface area contributed by atoms with Gasteiger partial charge in [-0.25, -0.2) is 4.39 Å². The lowest BCUT2D eigenvalue weighted by molar-refractivity contribution is 0.579. The Labute approximate surface area is 131 Å². The lowest BCUT2D eigenvalue weighted by Gasteiger charge is -2.14. The van der Waals surface area contributed by atoms with Gasteiger partial charge in [0.2, 0.25) is 0 Å². The van der Waals surface area contributed by atoms with Crippen LogP contribution in [0.1, 0.15) is 17.2 Å². The van der Waals surface area contributed by atoms with E-state index in [4.69, 9.17) is 5.73 Å². The lowest BCUT2D eigenvalue weighted by Crippen LogP contribution is -2.15. The predicted octanol–water partition coefficient (Wildman–Crippen LogP) is 4.98. The van der Waals surface area contributed by atoms with E-state index in [-0.39, 0.29) is 11.9 Å². The molecule has 0 bridgehead atoms. The summed E-state index contributed by atoms with van der Waals surface area (Å²) in [6, 6.07) is 19.1. The highest BCUT2D eigenvalue weighted by Crippen LogP contribution is 2.24. The fourth-order valence-electron chi connectivity index (χ4n) is 2.53. The standard InChI is InChI=1S/C18H15BrFN/c19-15-7-8-16(17(20)11-15)18(21)10-12-5-6-13-3-1-2-4-14(13)9-12/h1-9,11,18H,10,21H2. The topological polar surface area (TPSA) is 26.0 Å². The highest BCUT2D eigenvalue weighted by molar-refractivity contribution is 9.10. The van der Waals surface area contributed by atoms with E-state index < -0.39 is 0 Å². The zero-order chi connectivity index (χ0) is 14.8. The molecule has 1 atom stereocenters. The Morgan fingerprint density at radius 3 is 2.48 bits per heavy atom. The van der Waals surface area contributed by atoms with Gasteiger partial charge in [-0.2, -0.15) is 0 Å². The molecule has 1 unspecified atom stereocenters. The van der Waals surface area contributed by atoms with Crippen molar-refractivity contribution in [3.63, 3.8) is 0 Å². The normalized spacial score (nSPS) is 12.5. The monoisotopic (exact) mass is 343 g/mol. The first-order valence-electron chi connectivity index (χ1n) is 6.82. The highest BCUT2D eigenvalue weighted by Gasteiger charge is 2.12. The van der Waals surface area contributed by atoms with Crippen LogP contribution in [0.3, 0.4) is 0 Å². The minimum Gasteiger partial charge on any atom is -0.324 e. The largest absolute Gasteiger partial charge is 0.324 e. The van der Waals surface area contributed by atoms with Crippen molar-refractivity contribution >= 4 is 26.7 Å². The number of hydrogen-bond donors (Lipinski definition) is 1. The summed E-state index contributed by atoms with van der Waals surface area (Å²) in [5, 5.41) is 2.38. The predicted molar refractivity (Wildman–Crippen MR) is 88.7 cm³/mol. The van der Waals surface area contributed by atoms with Gasteiger partial charge in [0.15, 0.2) is 0 Å². The van der Waals surface area contributed by atoms with Gasteiger partial charge in [0, 0.05) is 16.1 Å². The van der Waals surface area contributed by atoms with E-state index in [1.54, 1.807) is 6.07 Å². The zero-order valence-corrected chi connectivity index (χ0v) is 13.0. The molecule has 0 aliphatic rings. The van der Waals surface area contributed by atoms with Crippen LogP contribution in [0.15, 0.2) is 65.1 Å². The maximum Gasteiger partial charge on any atom is 0.129 e. The molecule has 1 nitrogen and oxygen atoms in total. The minimum absolute atomic E-state index is 0.266. The van der Waals surface area contributed by atoms with Crippen molar-refractivity contribution in [3.05, 3.63) is 82.1 Å². The zero-order valence-electron chi connectivity index (χ0n) is 11.4.